The van der Waals surface area contributed by atoms with E-state index in [1.807, 2.05) is 48.0 Å². The van der Waals surface area contributed by atoms with E-state index in [0.29, 0.717) is 18.1 Å². The monoisotopic (exact) mass is 378 g/mol. The molecule has 136 valence electrons. The number of anilines is 1. The number of hydrogen-bond acceptors (Lipinski definition) is 5. The molecule has 1 amide bonds. The molecular weight excluding hydrogens is 360 g/mol. The van der Waals surface area contributed by atoms with Crippen LogP contribution in [-0.4, -0.2) is 27.6 Å². The highest BCUT2D eigenvalue weighted by Gasteiger charge is 2.10. The molecule has 0 fully saturated rings. The van der Waals surface area contributed by atoms with Crippen molar-refractivity contribution in [2.75, 3.05) is 12.4 Å². The van der Waals surface area contributed by atoms with E-state index in [2.05, 4.69) is 19.9 Å². The first-order valence-electron chi connectivity index (χ1n) is 8.52. The zero-order valence-corrected chi connectivity index (χ0v) is 15.6. The molecule has 4 aromatic rings. The van der Waals surface area contributed by atoms with Crippen LogP contribution in [0.3, 0.4) is 0 Å². The van der Waals surface area contributed by atoms with Crippen LogP contribution in [0.15, 0.2) is 60.4 Å². The Bertz CT molecular complexity index is 1070. The molecule has 0 bridgehead atoms. The number of nitrogens with zero attached hydrogens (tertiary/aromatic N) is 3. The van der Waals surface area contributed by atoms with Gasteiger partial charge in [0, 0.05) is 47.9 Å². The number of aromatic nitrogens is 3. The van der Waals surface area contributed by atoms with Crippen molar-refractivity contribution in [1.82, 2.24) is 14.5 Å². The zero-order valence-electron chi connectivity index (χ0n) is 14.8. The highest BCUT2D eigenvalue weighted by atomic mass is 32.1. The van der Waals surface area contributed by atoms with E-state index in [0.717, 1.165) is 27.9 Å². The minimum absolute atomic E-state index is 0.0631. The number of carbonyl (C=O) groups excluding carboxylic acids is 1. The number of thiazole rings is 1. The van der Waals surface area contributed by atoms with E-state index in [9.17, 15) is 4.79 Å². The van der Waals surface area contributed by atoms with Crippen LogP contribution >= 0.6 is 11.3 Å². The van der Waals surface area contributed by atoms with Gasteiger partial charge in [-0.15, -0.1) is 11.3 Å². The SMILES string of the molecule is COc1cccc2c1ccn2CCC(=O)Nc1nc(-c2cccnc2)cs1. The predicted octanol–water partition coefficient (Wildman–Crippen LogP) is 4.20. The minimum atomic E-state index is -0.0631. The molecular formula is C20H18N4O2S. The van der Waals surface area contributed by atoms with Crippen LogP contribution in [0.25, 0.3) is 22.2 Å². The molecule has 7 heteroatoms. The van der Waals surface area contributed by atoms with Gasteiger partial charge >= 0.3 is 0 Å². The Morgan fingerprint density at radius 1 is 1.26 bits per heavy atom. The van der Waals surface area contributed by atoms with Crippen molar-refractivity contribution in [1.29, 1.82) is 0 Å². The summed E-state index contributed by atoms with van der Waals surface area (Å²) in [5.41, 5.74) is 2.80. The number of hydrogen-bond donors (Lipinski definition) is 1. The summed E-state index contributed by atoms with van der Waals surface area (Å²) in [4.78, 5) is 20.9. The molecule has 6 nitrogen and oxygen atoms in total. The van der Waals surface area contributed by atoms with Crippen LogP contribution in [-0.2, 0) is 11.3 Å². The number of pyridine rings is 1. The zero-order chi connectivity index (χ0) is 18.6. The molecule has 1 aromatic carbocycles. The van der Waals surface area contributed by atoms with Gasteiger partial charge in [0.05, 0.1) is 18.3 Å². The van der Waals surface area contributed by atoms with Gasteiger partial charge in [0.1, 0.15) is 5.75 Å². The first-order chi connectivity index (χ1) is 13.2. The number of benzene rings is 1. The lowest BCUT2D eigenvalue weighted by Gasteiger charge is -2.07. The van der Waals surface area contributed by atoms with Crippen molar-refractivity contribution >= 4 is 33.3 Å². The lowest BCUT2D eigenvalue weighted by molar-refractivity contribution is -0.116. The van der Waals surface area contributed by atoms with E-state index < -0.39 is 0 Å². The quantitative estimate of drug-likeness (QED) is 0.546. The fourth-order valence-corrected chi connectivity index (χ4v) is 3.69. The number of nitrogens with one attached hydrogen (secondary N) is 1. The summed E-state index contributed by atoms with van der Waals surface area (Å²) in [6.07, 6.45) is 5.82. The number of ether oxygens (including phenoxy) is 1. The Balaban J connectivity index is 1.40. The molecule has 0 unspecified atom stereocenters. The Hall–Kier alpha value is -3.19. The van der Waals surface area contributed by atoms with Crippen LogP contribution in [0.4, 0.5) is 5.13 Å². The van der Waals surface area contributed by atoms with Gasteiger partial charge in [-0.3, -0.25) is 9.78 Å². The van der Waals surface area contributed by atoms with Crippen molar-refractivity contribution in [3.05, 3.63) is 60.4 Å². The maximum Gasteiger partial charge on any atom is 0.227 e. The smallest absolute Gasteiger partial charge is 0.227 e. The van der Waals surface area contributed by atoms with Crippen molar-refractivity contribution in [2.24, 2.45) is 0 Å². The molecule has 0 radical (unpaired) electrons. The summed E-state index contributed by atoms with van der Waals surface area (Å²) in [7, 11) is 1.66. The second kappa shape index (κ2) is 7.59. The molecule has 3 aromatic heterocycles. The Morgan fingerprint density at radius 3 is 3.00 bits per heavy atom. The average Bonchev–Trinajstić information content (AvgIpc) is 3.34. The molecule has 0 atom stereocenters. The topological polar surface area (TPSA) is 69.0 Å². The molecule has 0 aliphatic heterocycles. The summed E-state index contributed by atoms with van der Waals surface area (Å²) in [5.74, 6) is 0.772. The van der Waals surface area contributed by atoms with Crippen molar-refractivity contribution in [3.63, 3.8) is 0 Å². The molecule has 0 spiro atoms. The molecule has 0 saturated carbocycles. The Labute approximate surface area is 160 Å². The Kier molecular flexibility index (Phi) is 4.84. The molecule has 0 aliphatic rings. The lowest BCUT2D eigenvalue weighted by atomic mass is 10.2. The molecule has 4 rings (SSSR count). The fourth-order valence-electron chi connectivity index (χ4n) is 2.95. The third kappa shape index (κ3) is 3.68. The van der Waals surface area contributed by atoms with Gasteiger partial charge in [-0.25, -0.2) is 4.98 Å². The van der Waals surface area contributed by atoms with Crippen LogP contribution < -0.4 is 10.1 Å². The maximum absolute atomic E-state index is 12.3. The second-order valence-corrected chi connectivity index (χ2v) is 6.84. The lowest BCUT2D eigenvalue weighted by Crippen LogP contribution is -2.14. The Morgan fingerprint density at radius 2 is 2.19 bits per heavy atom. The summed E-state index contributed by atoms with van der Waals surface area (Å²) in [5, 5.41) is 6.43. The van der Waals surface area contributed by atoms with E-state index >= 15 is 0 Å². The largest absolute Gasteiger partial charge is 0.496 e. The van der Waals surface area contributed by atoms with E-state index in [1.54, 1.807) is 19.5 Å². The van der Waals surface area contributed by atoms with Gasteiger partial charge in [-0.1, -0.05) is 6.07 Å². The number of carbonyl (C=O) groups is 1. The maximum atomic E-state index is 12.3. The summed E-state index contributed by atoms with van der Waals surface area (Å²) in [6, 6.07) is 11.7. The van der Waals surface area contributed by atoms with Gasteiger partial charge in [0.2, 0.25) is 5.91 Å². The van der Waals surface area contributed by atoms with Crippen molar-refractivity contribution < 1.29 is 9.53 Å². The number of amides is 1. The number of rotatable bonds is 6. The third-order valence-corrected chi connectivity index (χ3v) is 5.04. The molecule has 0 aliphatic carbocycles. The number of aryl methyl sites for hydroxylation is 1. The minimum Gasteiger partial charge on any atom is -0.496 e. The van der Waals surface area contributed by atoms with Gasteiger partial charge < -0.3 is 14.6 Å². The highest BCUT2D eigenvalue weighted by molar-refractivity contribution is 7.14. The highest BCUT2D eigenvalue weighted by Crippen LogP contribution is 2.27. The van der Waals surface area contributed by atoms with Gasteiger partial charge in [-0.05, 0) is 30.3 Å². The molecule has 0 saturated heterocycles. The van der Waals surface area contributed by atoms with Crippen molar-refractivity contribution in [3.8, 4) is 17.0 Å². The van der Waals surface area contributed by atoms with Crippen LogP contribution in [0.5, 0.6) is 5.75 Å². The molecule has 3 heterocycles. The standard InChI is InChI=1S/C20H18N4O2S/c1-26-18-6-2-5-17-15(18)7-10-24(17)11-8-19(25)23-20-22-16(13-27-20)14-4-3-9-21-12-14/h2-7,9-10,12-13H,8,11H2,1H3,(H,22,23,25). The van der Waals surface area contributed by atoms with Crippen molar-refractivity contribution in [2.45, 2.75) is 13.0 Å². The van der Waals surface area contributed by atoms with E-state index in [-0.39, 0.29) is 5.91 Å². The average molecular weight is 378 g/mol. The summed E-state index contributed by atoms with van der Waals surface area (Å²) >= 11 is 1.41. The third-order valence-electron chi connectivity index (χ3n) is 4.28. The number of fused-ring (bicyclic) bond motifs is 1. The molecule has 27 heavy (non-hydrogen) atoms. The van der Waals surface area contributed by atoms with E-state index in [4.69, 9.17) is 4.74 Å². The van der Waals surface area contributed by atoms with Gasteiger partial charge in [0.15, 0.2) is 5.13 Å². The van der Waals surface area contributed by atoms with E-state index in [1.165, 1.54) is 11.3 Å². The van der Waals surface area contributed by atoms with Gasteiger partial charge in [-0.2, -0.15) is 0 Å². The van der Waals surface area contributed by atoms with Crippen LogP contribution in [0.2, 0.25) is 0 Å². The summed E-state index contributed by atoms with van der Waals surface area (Å²) in [6.45, 7) is 0.587. The number of methoxy groups -OCH3 is 1. The van der Waals surface area contributed by atoms with Crippen LogP contribution in [0.1, 0.15) is 6.42 Å². The second-order valence-electron chi connectivity index (χ2n) is 5.98. The fraction of sp³-hybridized carbons (Fsp3) is 0.150. The predicted molar refractivity (Wildman–Crippen MR) is 107 cm³/mol. The molecule has 1 N–H and O–H groups in total. The first kappa shape index (κ1) is 17.2. The van der Waals surface area contributed by atoms with Gasteiger partial charge in [0.25, 0.3) is 0 Å². The first-order valence-corrected chi connectivity index (χ1v) is 9.40. The van der Waals surface area contributed by atoms with Crippen LogP contribution in [0, 0.1) is 0 Å². The normalized spacial score (nSPS) is 10.9. The summed E-state index contributed by atoms with van der Waals surface area (Å²) < 4.78 is 7.44.